The van der Waals surface area contributed by atoms with Crippen LogP contribution in [0.4, 0.5) is 0 Å². The zero-order valence-corrected chi connectivity index (χ0v) is 11.9. The smallest absolute Gasteiger partial charge is 0.159 e. The van der Waals surface area contributed by atoms with Crippen molar-refractivity contribution in [1.82, 2.24) is 9.97 Å². The molecular formula is C16H10Cl2N2. The molecule has 0 aliphatic heterocycles. The minimum atomic E-state index is 0.591. The second-order valence-corrected chi connectivity index (χ2v) is 5.07. The van der Waals surface area contributed by atoms with Crippen LogP contribution in [-0.4, -0.2) is 9.97 Å². The molecule has 2 nitrogen and oxygen atoms in total. The zero-order valence-electron chi connectivity index (χ0n) is 10.4. The monoisotopic (exact) mass is 300 g/mol. The first kappa shape index (κ1) is 13.1. The predicted molar refractivity (Wildman–Crippen MR) is 82.9 cm³/mol. The van der Waals surface area contributed by atoms with Crippen molar-refractivity contribution in [3.8, 4) is 22.5 Å². The average Bonchev–Trinajstić information content (AvgIpc) is 2.49. The van der Waals surface area contributed by atoms with E-state index >= 15 is 0 Å². The summed E-state index contributed by atoms with van der Waals surface area (Å²) >= 11 is 12.4. The number of hydrogen-bond acceptors (Lipinski definition) is 2. The molecule has 0 bridgehead atoms. The fourth-order valence-electron chi connectivity index (χ4n) is 1.97. The van der Waals surface area contributed by atoms with Gasteiger partial charge in [0.25, 0.3) is 0 Å². The van der Waals surface area contributed by atoms with Crippen molar-refractivity contribution in [3.63, 3.8) is 0 Å². The van der Waals surface area contributed by atoms with E-state index < -0.39 is 0 Å². The van der Waals surface area contributed by atoms with Gasteiger partial charge in [-0.3, -0.25) is 0 Å². The molecule has 0 N–H and O–H groups in total. The molecule has 3 rings (SSSR count). The summed E-state index contributed by atoms with van der Waals surface area (Å²) in [5.74, 6) is 0.678. The van der Waals surface area contributed by atoms with Crippen molar-refractivity contribution < 1.29 is 0 Å². The average molecular weight is 301 g/mol. The van der Waals surface area contributed by atoms with E-state index in [1.54, 1.807) is 24.5 Å². The molecule has 0 radical (unpaired) electrons. The summed E-state index contributed by atoms with van der Waals surface area (Å²) in [6.45, 7) is 0. The highest BCUT2D eigenvalue weighted by atomic mass is 35.5. The molecule has 0 unspecified atom stereocenters. The lowest BCUT2D eigenvalue weighted by Gasteiger charge is -2.07. The molecule has 1 aromatic heterocycles. The Bertz CT molecular complexity index is 705. The van der Waals surface area contributed by atoms with Gasteiger partial charge in [-0.25, -0.2) is 9.97 Å². The molecule has 1 heterocycles. The van der Waals surface area contributed by atoms with Crippen LogP contribution >= 0.6 is 23.2 Å². The SMILES string of the molecule is Clc1cccc(Cl)c1-c1cnc(-c2ccccc2)nc1. The molecule has 0 aliphatic rings. The summed E-state index contributed by atoms with van der Waals surface area (Å²) in [5.41, 5.74) is 2.54. The molecule has 0 aliphatic carbocycles. The van der Waals surface area contributed by atoms with Crippen LogP contribution < -0.4 is 0 Å². The Hall–Kier alpha value is -1.90. The van der Waals surface area contributed by atoms with Crippen LogP contribution in [-0.2, 0) is 0 Å². The maximum Gasteiger partial charge on any atom is 0.159 e. The third-order valence-corrected chi connectivity index (χ3v) is 3.57. The Morgan fingerprint density at radius 2 is 1.25 bits per heavy atom. The lowest BCUT2D eigenvalue weighted by Crippen LogP contribution is -1.90. The Kier molecular flexibility index (Phi) is 3.68. The van der Waals surface area contributed by atoms with Crippen molar-refractivity contribution in [2.75, 3.05) is 0 Å². The molecular weight excluding hydrogens is 291 g/mol. The van der Waals surface area contributed by atoms with E-state index in [0.29, 0.717) is 15.9 Å². The van der Waals surface area contributed by atoms with Crippen molar-refractivity contribution in [3.05, 3.63) is 71.0 Å². The third kappa shape index (κ3) is 2.53. The van der Waals surface area contributed by atoms with Crippen LogP contribution in [0.1, 0.15) is 0 Å². The van der Waals surface area contributed by atoms with Gasteiger partial charge in [0, 0.05) is 29.1 Å². The molecule has 4 heteroatoms. The first-order valence-electron chi connectivity index (χ1n) is 6.07. The van der Waals surface area contributed by atoms with E-state index in [0.717, 1.165) is 16.7 Å². The molecule has 0 atom stereocenters. The summed E-state index contributed by atoms with van der Waals surface area (Å²) in [7, 11) is 0. The van der Waals surface area contributed by atoms with Crippen molar-refractivity contribution in [1.29, 1.82) is 0 Å². The first-order valence-corrected chi connectivity index (χ1v) is 6.83. The second-order valence-electron chi connectivity index (χ2n) is 4.26. The van der Waals surface area contributed by atoms with Crippen LogP contribution in [0.5, 0.6) is 0 Å². The summed E-state index contributed by atoms with van der Waals surface area (Å²) in [4.78, 5) is 8.76. The normalized spacial score (nSPS) is 10.5. The van der Waals surface area contributed by atoms with Gasteiger partial charge in [-0.15, -0.1) is 0 Å². The molecule has 98 valence electrons. The fourth-order valence-corrected chi connectivity index (χ4v) is 2.58. The minimum Gasteiger partial charge on any atom is -0.236 e. The van der Waals surface area contributed by atoms with E-state index in [4.69, 9.17) is 23.2 Å². The van der Waals surface area contributed by atoms with Crippen molar-refractivity contribution in [2.45, 2.75) is 0 Å². The van der Waals surface area contributed by atoms with Crippen LogP contribution in [0.2, 0.25) is 10.0 Å². The Balaban J connectivity index is 2.02. The zero-order chi connectivity index (χ0) is 13.9. The van der Waals surface area contributed by atoms with E-state index in [1.165, 1.54) is 0 Å². The molecule has 0 fully saturated rings. The summed E-state index contributed by atoms with van der Waals surface area (Å²) < 4.78 is 0. The number of aromatic nitrogens is 2. The molecule has 20 heavy (non-hydrogen) atoms. The van der Waals surface area contributed by atoms with E-state index in [9.17, 15) is 0 Å². The standard InChI is InChI=1S/C16H10Cl2N2/c17-13-7-4-8-14(18)15(13)12-9-19-16(20-10-12)11-5-2-1-3-6-11/h1-10H. The van der Waals surface area contributed by atoms with Gasteiger partial charge in [0.1, 0.15) is 0 Å². The second kappa shape index (κ2) is 5.61. The quantitative estimate of drug-likeness (QED) is 0.656. The maximum absolute atomic E-state index is 6.18. The van der Waals surface area contributed by atoms with Gasteiger partial charge in [-0.05, 0) is 12.1 Å². The fraction of sp³-hybridized carbons (Fsp3) is 0. The summed E-state index contributed by atoms with van der Waals surface area (Å²) in [6, 6.07) is 15.2. The van der Waals surface area contributed by atoms with Crippen LogP contribution in [0, 0.1) is 0 Å². The Morgan fingerprint density at radius 3 is 1.85 bits per heavy atom. The summed E-state index contributed by atoms with van der Waals surface area (Å²) in [6.07, 6.45) is 3.48. The van der Waals surface area contributed by atoms with Gasteiger partial charge in [0.15, 0.2) is 5.82 Å². The molecule has 0 spiro atoms. The maximum atomic E-state index is 6.18. The Morgan fingerprint density at radius 1 is 0.650 bits per heavy atom. The summed E-state index contributed by atoms with van der Waals surface area (Å²) in [5, 5.41) is 1.18. The molecule has 0 saturated carbocycles. The van der Waals surface area contributed by atoms with Gasteiger partial charge in [0.05, 0.1) is 10.0 Å². The van der Waals surface area contributed by atoms with Gasteiger partial charge < -0.3 is 0 Å². The molecule has 2 aromatic carbocycles. The van der Waals surface area contributed by atoms with Crippen molar-refractivity contribution >= 4 is 23.2 Å². The van der Waals surface area contributed by atoms with Crippen LogP contribution in [0.3, 0.4) is 0 Å². The topological polar surface area (TPSA) is 25.8 Å². The number of benzene rings is 2. The van der Waals surface area contributed by atoms with E-state index in [-0.39, 0.29) is 0 Å². The largest absolute Gasteiger partial charge is 0.236 e. The highest BCUT2D eigenvalue weighted by Gasteiger charge is 2.09. The number of halogens is 2. The van der Waals surface area contributed by atoms with Crippen LogP contribution in [0.15, 0.2) is 60.9 Å². The van der Waals surface area contributed by atoms with E-state index in [2.05, 4.69) is 9.97 Å². The molecule has 0 saturated heterocycles. The van der Waals surface area contributed by atoms with Gasteiger partial charge in [-0.1, -0.05) is 59.6 Å². The third-order valence-electron chi connectivity index (χ3n) is 2.94. The van der Waals surface area contributed by atoms with Crippen LogP contribution in [0.25, 0.3) is 22.5 Å². The van der Waals surface area contributed by atoms with Gasteiger partial charge in [-0.2, -0.15) is 0 Å². The minimum absolute atomic E-state index is 0.591. The first-order chi connectivity index (χ1) is 9.75. The number of hydrogen-bond donors (Lipinski definition) is 0. The van der Waals surface area contributed by atoms with E-state index in [1.807, 2.05) is 36.4 Å². The van der Waals surface area contributed by atoms with Crippen molar-refractivity contribution in [2.24, 2.45) is 0 Å². The van der Waals surface area contributed by atoms with Gasteiger partial charge in [0.2, 0.25) is 0 Å². The molecule has 3 aromatic rings. The number of nitrogens with zero attached hydrogens (tertiary/aromatic N) is 2. The lowest BCUT2D eigenvalue weighted by molar-refractivity contribution is 1.18. The van der Waals surface area contributed by atoms with Gasteiger partial charge >= 0.3 is 0 Å². The highest BCUT2D eigenvalue weighted by Crippen LogP contribution is 2.34. The highest BCUT2D eigenvalue weighted by molar-refractivity contribution is 6.39. The number of rotatable bonds is 2. The predicted octanol–water partition coefficient (Wildman–Crippen LogP) is 5.12. The Labute approximate surface area is 127 Å². The molecule has 0 amide bonds. The lowest BCUT2D eigenvalue weighted by atomic mass is 10.1.